The third-order valence-electron chi connectivity index (χ3n) is 3.06. The van der Waals surface area contributed by atoms with E-state index >= 15 is 0 Å². The van der Waals surface area contributed by atoms with Crippen LogP contribution in [0.15, 0.2) is 6.20 Å². The van der Waals surface area contributed by atoms with Crippen molar-refractivity contribution in [3.05, 3.63) is 11.9 Å². The summed E-state index contributed by atoms with van der Waals surface area (Å²) in [6, 6.07) is 0. The predicted octanol–water partition coefficient (Wildman–Crippen LogP) is 0.508. The van der Waals surface area contributed by atoms with Crippen molar-refractivity contribution in [1.29, 1.82) is 0 Å². The Balaban J connectivity index is 1.80. The van der Waals surface area contributed by atoms with Crippen LogP contribution in [0.4, 0.5) is 0 Å². The molecule has 0 amide bonds. The zero-order valence-corrected chi connectivity index (χ0v) is 12.7. The van der Waals surface area contributed by atoms with Crippen molar-refractivity contribution in [3.63, 3.8) is 0 Å². The van der Waals surface area contributed by atoms with Gasteiger partial charge in [0.15, 0.2) is 11.9 Å². The van der Waals surface area contributed by atoms with Crippen LogP contribution in [-0.2, 0) is 36.9 Å². The normalized spacial score (nSPS) is 22.2. The molecule has 1 fully saturated rings. The SMILES string of the molecule is COC(=O)[C@@H](C)OCc1cn(CC2COC(C)(C)O2)nn1. The smallest absolute Gasteiger partial charge is 0.334 e. The molecule has 1 unspecified atom stereocenters. The number of carbonyl (C=O) groups excluding carboxylic acids is 1. The van der Waals surface area contributed by atoms with Crippen molar-refractivity contribution >= 4 is 5.97 Å². The van der Waals surface area contributed by atoms with Gasteiger partial charge in [0.1, 0.15) is 11.8 Å². The highest BCUT2D eigenvalue weighted by atomic mass is 16.7. The monoisotopic (exact) mass is 299 g/mol. The van der Waals surface area contributed by atoms with Crippen LogP contribution in [0, 0.1) is 0 Å². The van der Waals surface area contributed by atoms with Crippen molar-refractivity contribution in [3.8, 4) is 0 Å². The Kier molecular flexibility index (Phi) is 4.92. The third kappa shape index (κ3) is 4.48. The van der Waals surface area contributed by atoms with Gasteiger partial charge in [-0.2, -0.15) is 0 Å². The largest absolute Gasteiger partial charge is 0.467 e. The van der Waals surface area contributed by atoms with Gasteiger partial charge in [-0.25, -0.2) is 9.48 Å². The molecule has 2 atom stereocenters. The highest BCUT2D eigenvalue weighted by molar-refractivity contribution is 5.73. The predicted molar refractivity (Wildman–Crippen MR) is 71.2 cm³/mol. The van der Waals surface area contributed by atoms with Gasteiger partial charge in [-0.1, -0.05) is 5.21 Å². The highest BCUT2D eigenvalue weighted by Gasteiger charge is 2.32. The topological polar surface area (TPSA) is 84.7 Å². The third-order valence-corrected chi connectivity index (χ3v) is 3.06. The molecular formula is C13H21N3O5. The summed E-state index contributed by atoms with van der Waals surface area (Å²) in [7, 11) is 1.32. The van der Waals surface area contributed by atoms with E-state index in [9.17, 15) is 4.79 Å². The Labute approximate surface area is 123 Å². The number of aromatic nitrogens is 3. The molecule has 8 heteroatoms. The van der Waals surface area contributed by atoms with Crippen LogP contribution >= 0.6 is 0 Å². The van der Waals surface area contributed by atoms with Crippen molar-refractivity contribution in [2.75, 3.05) is 13.7 Å². The zero-order chi connectivity index (χ0) is 15.5. The van der Waals surface area contributed by atoms with Crippen LogP contribution in [0.25, 0.3) is 0 Å². The summed E-state index contributed by atoms with van der Waals surface area (Å²) < 4.78 is 22.8. The molecule has 0 N–H and O–H groups in total. The van der Waals surface area contributed by atoms with Gasteiger partial charge in [0.05, 0.1) is 33.1 Å². The summed E-state index contributed by atoms with van der Waals surface area (Å²) >= 11 is 0. The maximum atomic E-state index is 11.2. The maximum absolute atomic E-state index is 11.2. The molecule has 0 aliphatic carbocycles. The molecule has 0 spiro atoms. The van der Waals surface area contributed by atoms with Crippen LogP contribution in [0.3, 0.4) is 0 Å². The summed E-state index contributed by atoms with van der Waals surface area (Å²) in [5.41, 5.74) is 0.643. The van der Waals surface area contributed by atoms with E-state index < -0.39 is 17.9 Å². The number of nitrogens with zero attached hydrogens (tertiary/aromatic N) is 3. The van der Waals surface area contributed by atoms with E-state index in [0.29, 0.717) is 18.8 Å². The molecular weight excluding hydrogens is 278 g/mol. The molecule has 2 rings (SSSR count). The summed E-state index contributed by atoms with van der Waals surface area (Å²) in [5, 5.41) is 8.00. The average molecular weight is 299 g/mol. The minimum atomic E-state index is -0.632. The van der Waals surface area contributed by atoms with Crippen LogP contribution < -0.4 is 0 Å². The van der Waals surface area contributed by atoms with E-state index in [1.54, 1.807) is 17.8 Å². The number of hydrogen-bond donors (Lipinski definition) is 0. The van der Waals surface area contributed by atoms with Crippen LogP contribution in [0.1, 0.15) is 26.5 Å². The lowest BCUT2D eigenvalue weighted by Crippen LogP contribution is -2.24. The van der Waals surface area contributed by atoms with E-state index in [-0.39, 0.29) is 12.7 Å². The number of rotatable bonds is 6. The van der Waals surface area contributed by atoms with Crippen LogP contribution in [-0.4, -0.2) is 52.7 Å². The van der Waals surface area contributed by atoms with Gasteiger partial charge < -0.3 is 18.9 Å². The fourth-order valence-electron chi connectivity index (χ4n) is 2.00. The lowest BCUT2D eigenvalue weighted by Gasteiger charge is -2.16. The molecule has 21 heavy (non-hydrogen) atoms. The molecule has 0 radical (unpaired) electrons. The fourth-order valence-corrected chi connectivity index (χ4v) is 2.00. The van der Waals surface area contributed by atoms with Crippen LogP contribution in [0.5, 0.6) is 0 Å². The zero-order valence-electron chi connectivity index (χ0n) is 12.7. The second-order valence-corrected chi connectivity index (χ2v) is 5.36. The second kappa shape index (κ2) is 6.50. The van der Waals surface area contributed by atoms with Gasteiger partial charge >= 0.3 is 5.97 Å². The van der Waals surface area contributed by atoms with Gasteiger partial charge in [-0.15, -0.1) is 5.10 Å². The lowest BCUT2D eigenvalue weighted by molar-refractivity contribution is -0.153. The van der Waals surface area contributed by atoms with Crippen molar-refractivity contribution in [1.82, 2.24) is 15.0 Å². The Bertz CT molecular complexity index is 488. The van der Waals surface area contributed by atoms with Crippen LogP contribution in [0.2, 0.25) is 0 Å². The van der Waals surface area contributed by atoms with Gasteiger partial charge in [-0.3, -0.25) is 0 Å². The van der Waals surface area contributed by atoms with E-state index in [4.69, 9.17) is 14.2 Å². The number of methoxy groups -OCH3 is 1. The molecule has 0 aromatic carbocycles. The molecule has 1 aliphatic rings. The Morgan fingerprint density at radius 2 is 2.38 bits per heavy atom. The fraction of sp³-hybridized carbons (Fsp3) is 0.769. The summed E-state index contributed by atoms with van der Waals surface area (Å²) in [5.74, 6) is -0.964. The highest BCUT2D eigenvalue weighted by Crippen LogP contribution is 2.22. The molecule has 1 aromatic heterocycles. The van der Waals surface area contributed by atoms with Gasteiger partial charge in [-0.05, 0) is 20.8 Å². The lowest BCUT2D eigenvalue weighted by atomic mass is 10.3. The summed E-state index contributed by atoms with van der Waals surface area (Å²) in [4.78, 5) is 11.2. The quantitative estimate of drug-likeness (QED) is 0.707. The van der Waals surface area contributed by atoms with Gasteiger partial charge in [0.25, 0.3) is 0 Å². The maximum Gasteiger partial charge on any atom is 0.334 e. The first kappa shape index (κ1) is 15.9. The van der Waals surface area contributed by atoms with E-state index in [0.717, 1.165) is 0 Å². The van der Waals surface area contributed by atoms with Gasteiger partial charge in [0.2, 0.25) is 0 Å². The first-order chi connectivity index (χ1) is 9.89. The van der Waals surface area contributed by atoms with E-state index in [1.165, 1.54) is 7.11 Å². The first-order valence-electron chi connectivity index (χ1n) is 6.80. The average Bonchev–Trinajstić information content (AvgIpc) is 3.02. The molecule has 1 aliphatic heterocycles. The molecule has 1 aromatic rings. The molecule has 8 nitrogen and oxygen atoms in total. The van der Waals surface area contributed by atoms with Crippen molar-refractivity contribution < 1.29 is 23.7 Å². The number of ether oxygens (including phenoxy) is 4. The molecule has 118 valence electrons. The Morgan fingerprint density at radius 1 is 1.62 bits per heavy atom. The molecule has 0 saturated carbocycles. The van der Waals surface area contributed by atoms with Crippen molar-refractivity contribution in [2.45, 2.75) is 51.9 Å². The Morgan fingerprint density at radius 3 is 3.00 bits per heavy atom. The minimum Gasteiger partial charge on any atom is -0.467 e. The number of carbonyl (C=O) groups is 1. The second-order valence-electron chi connectivity index (χ2n) is 5.36. The molecule has 1 saturated heterocycles. The molecule has 0 bridgehead atoms. The van der Waals surface area contributed by atoms with E-state index in [1.807, 2.05) is 13.8 Å². The Hall–Kier alpha value is -1.51. The first-order valence-corrected chi connectivity index (χ1v) is 6.80. The van der Waals surface area contributed by atoms with Gasteiger partial charge in [0, 0.05) is 0 Å². The van der Waals surface area contributed by atoms with Crippen molar-refractivity contribution in [2.24, 2.45) is 0 Å². The summed E-state index contributed by atoms with van der Waals surface area (Å²) in [6.07, 6.45) is 1.08. The number of hydrogen-bond acceptors (Lipinski definition) is 7. The standard InChI is InChI=1S/C13H21N3O5/c1-9(12(17)18-4)19-7-10-5-16(15-14-10)6-11-8-20-13(2,3)21-11/h5,9,11H,6-8H2,1-4H3/t9-,11?/m1/s1. The summed E-state index contributed by atoms with van der Waals surface area (Å²) in [6.45, 7) is 6.66. The van der Waals surface area contributed by atoms with E-state index in [2.05, 4.69) is 15.0 Å². The molecule has 2 heterocycles. The number of esters is 1. The minimum absolute atomic E-state index is 0.0514.